The Labute approximate surface area is 174 Å². The highest BCUT2D eigenvalue weighted by Gasteiger charge is 2.17. The largest absolute Gasteiger partial charge is 0.415 e. The van der Waals surface area contributed by atoms with E-state index in [2.05, 4.69) is 35.9 Å². The van der Waals surface area contributed by atoms with Crippen LogP contribution in [0.3, 0.4) is 0 Å². The molecule has 0 spiro atoms. The van der Waals surface area contributed by atoms with E-state index in [-0.39, 0.29) is 11.8 Å². The van der Waals surface area contributed by atoms with Crippen LogP contribution in [-0.4, -0.2) is 41.3 Å². The number of benzene rings is 1. The molecular formula is C19H16F2N8O2. The van der Waals surface area contributed by atoms with Gasteiger partial charge in [-0.1, -0.05) is 12.1 Å². The summed E-state index contributed by atoms with van der Waals surface area (Å²) in [5.41, 5.74) is 3.23. The second-order valence-corrected chi connectivity index (χ2v) is 6.62. The topological polar surface area (TPSA) is 125 Å². The molecule has 10 nitrogen and oxygen atoms in total. The molecule has 158 valence electrons. The van der Waals surface area contributed by atoms with Gasteiger partial charge in [0.25, 0.3) is 5.89 Å². The van der Waals surface area contributed by atoms with E-state index in [0.717, 1.165) is 5.56 Å². The molecule has 1 amide bonds. The summed E-state index contributed by atoms with van der Waals surface area (Å²) in [6, 6.07) is 8.64. The number of carbonyl (C=O) groups excluding carboxylic acids is 1. The van der Waals surface area contributed by atoms with Crippen LogP contribution < -0.4 is 5.32 Å². The number of amides is 1. The molecular weight excluding hydrogens is 410 g/mol. The molecule has 4 rings (SSSR count). The summed E-state index contributed by atoms with van der Waals surface area (Å²) in [4.78, 5) is 17.0. The molecule has 1 aromatic carbocycles. The number of nitrogens with one attached hydrogen (secondary N) is 1. The summed E-state index contributed by atoms with van der Waals surface area (Å²) >= 11 is 0. The van der Waals surface area contributed by atoms with E-state index in [0.29, 0.717) is 34.9 Å². The first-order chi connectivity index (χ1) is 14.9. The fourth-order valence-corrected chi connectivity index (χ4v) is 2.75. The third kappa shape index (κ3) is 4.57. The lowest BCUT2D eigenvalue weighted by Gasteiger charge is -2.06. The Balaban J connectivity index is 1.48. The highest BCUT2D eigenvalue weighted by molar-refractivity contribution is 5.89. The van der Waals surface area contributed by atoms with Gasteiger partial charge in [0.05, 0.1) is 17.9 Å². The number of rotatable bonds is 6. The molecule has 0 aliphatic rings. The van der Waals surface area contributed by atoms with Gasteiger partial charge in [-0.2, -0.15) is 13.6 Å². The minimum Gasteiger partial charge on any atom is -0.415 e. The van der Waals surface area contributed by atoms with E-state index in [1.54, 1.807) is 43.5 Å². The van der Waals surface area contributed by atoms with Crippen molar-refractivity contribution in [2.45, 2.75) is 26.8 Å². The van der Waals surface area contributed by atoms with E-state index in [1.807, 2.05) is 0 Å². The third-order valence-corrected chi connectivity index (χ3v) is 4.26. The van der Waals surface area contributed by atoms with Crippen LogP contribution in [0.4, 0.5) is 14.5 Å². The van der Waals surface area contributed by atoms with Crippen LogP contribution in [0.2, 0.25) is 0 Å². The zero-order valence-electron chi connectivity index (χ0n) is 16.5. The molecule has 0 radical (unpaired) electrons. The summed E-state index contributed by atoms with van der Waals surface area (Å²) in [7, 11) is 0. The third-order valence-electron chi connectivity index (χ3n) is 4.26. The van der Waals surface area contributed by atoms with Crippen molar-refractivity contribution in [1.29, 1.82) is 0 Å². The van der Waals surface area contributed by atoms with Gasteiger partial charge in [0.1, 0.15) is 0 Å². The fraction of sp³-hybridized carbons (Fsp3) is 0.211. The smallest absolute Gasteiger partial charge is 0.314 e. The van der Waals surface area contributed by atoms with Crippen molar-refractivity contribution in [3.63, 3.8) is 0 Å². The van der Waals surface area contributed by atoms with Crippen LogP contribution in [0.5, 0.6) is 0 Å². The van der Waals surface area contributed by atoms with Crippen LogP contribution in [-0.2, 0) is 11.3 Å². The van der Waals surface area contributed by atoms with E-state index in [4.69, 9.17) is 4.42 Å². The highest BCUT2D eigenvalue weighted by atomic mass is 19.3. The number of pyridine rings is 1. The van der Waals surface area contributed by atoms with Gasteiger partial charge in [0.2, 0.25) is 17.6 Å². The highest BCUT2D eigenvalue weighted by Crippen LogP contribution is 2.24. The van der Waals surface area contributed by atoms with Gasteiger partial charge >= 0.3 is 6.43 Å². The van der Waals surface area contributed by atoms with Crippen LogP contribution in [0.25, 0.3) is 22.8 Å². The van der Waals surface area contributed by atoms with Crippen LogP contribution in [0.1, 0.15) is 30.5 Å². The van der Waals surface area contributed by atoms with Crippen molar-refractivity contribution in [3.05, 3.63) is 53.7 Å². The van der Waals surface area contributed by atoms with Gasteiger partial charge in [-0.05, 0) is 35.9 Å². The SMILES string of the molecule is CC(=O)Nc1cc(-c2nnn(Cc3ccc(-c4nnc(C(F)F)o4)cc3)n2)cnc1C. The average molecular weight is 426 g/mol. The Hall–Kier alpha value is -4.09. The predicted molar refractivity (Wildman–Crippen MR) is 104 cm³/mol. The summed E-state index contributed by atoms with van der Waals surface area (Å²) in [6.07, 6.45) is -1.21. The molecule has 0 fully saturated rings. The second kappa shape index (κ2) is 8.34. The van der Waals surface area contributed by atoms with Gasteiger partial charge in [0.15, 0.2) is 0 Å². The van der Waals surface area contributed by atoms with Gasteiger partial charge in [-0.3, -0.25) is 9.78 Å². The molecule has 0 bridgehead atoms. The lowest BCUT2D eigenvalue weighted by molar-refractivity contribution is -0.114. The van der Waals surface area contributed by atoms with Crippen LogP contribution in [0.15, 0.2) is 40.9 Å². The Kier molecular flexibility index (Phi) is 5.43. The molecule has 31 heavy (non-hydrogen) atoms. The molecule has 0 aliphatic carbocycles. The van der Waals surface area contributed by atoms with Gasteiger partial charge in [-0.15, -0.1) is 20.4 Å². The van der Waals surface area contributed by atoms with Gasteiger partial charge < -0.3 is 9.73 Å². The van der Waals surface area contributed by atoms with Gasteiger partial charge in [0, 0.05) is 24.2 Å². The number of carbonyl (C=O) groups is 1. The van der Waals surface area contributed by atoms with Gasteiger partial charge in [-0.25, -0.2) is 0 Å². The molecule has 0 aliphatic heterocycles. The number of tetrazole rings is 1. The molecule has 0 saturated carbocycles. The number of hydrogen-bond donors (Lipinski definition) is 1. The van der Waals surface area contributed by atoms with Crippen molar-refractivity contribution in [3.8, 4) is 22.8 Å². The molecule has 1 N–H and O–H groups in total. The zero-order chi connectivity index (χ0) is 22.0. The summed E-state index contributed by atoms with van der Waals surface area (Å²) in [5.74, 6) is -0.537. The second-order valence-electron chi connectivity index (χ2n) is 6.62. The molecule has 0 saturated heterocycles. The minimum absolute atomic E-state index is 0.0184. The van der Waals surface area contributed by atoms with E-state index >= 15 is 0 Å². The Morgan fingerprint density at radius 2 is 1.94 bits per heavy atom. The number of alkyl halides is 2. The number of aromatic nitrogens is 7. The van der Waals surface area contributed by atoms with E-state index in [9.17, 15) is 13.6 Å². The predicted octanol–water partition coefficient (Wildman–Crippen LogP) is 3.04. The number of hydrogen-bond acceptors (Lipinski definition) is 8. The average Bonchev–Trinajstić information content (AvgIpc) is 3.40. The maximum absolute atomic E-state index is 12.6. The van der Waals surface area contributed by atoms with Crippen molar-refractivity contribution in [2.75, 3.05) is 5.32 Å². The first-order valence-corrected chi connectivity index (χ1v) is 9.12. The summed E-state index contributed by atoms with van der Waals surface area (Å²) in [6.45, 7) is 3.53. The van der Waals surface area contributed by atoms with Crippen molar-refractivity contribution in [1.82, 2.24) is 35.4 Å². The maximum atomic E-state index is 12.6. The lowest BCUT2D eigenvalue weighted by atomic mass is 10.1. The molecule has 0 atom stereocenters. The molecule has 0 unspecified atom stereocenters. The fourth-order valence-electron chi connectivity index (χ4n) is 2.75. The van der Waals surface area contributed by atoms with Crippen LogP contribution >= 0.6 is 0 Å². The number of nitrogens with zero attached hydrogens (tertiary/aromatic N) is 7. The lowest BCUT2D eigenvalue weighted by Crippen LogP contribution is -2.08. The first-order valence-electron chi connectivity index (χ1n) is 9.12. The zero-order valence-corrected chi connectivity index (χ0v) is 16.5. The summed E-state index contributed by atoms with van der Waals surface area (Å²) in [5, 5.41) is 22.1. The quantitative estimate of drug-likeness (QED) is 0.499. The molecule has 3 heterocycles. The standard InChI is InChI=1S/C19H16F2N8O2/c1-10-15(23-11(2)30)7-14(8-22-10)17-24-28-29(27-17)9-12-3-5-13(6-4-12)18-25-26-19(31-18)16(20)21/h3-8,16H,9H2,1-2H3,(H,23,30). The number of aryl methyl sites for hydroxylation is 1. The van der Waals surface area contributed by atoms with Crippen molar-refractivity contribution in [2.24, 2.45) is 0 Å². The monoisotopic (exact) mass is 426 g/mol. The minimum atomic E-state index is -2.81. The molecule has 4 aromatic rings. The molecule has 12 heteroatoms. The summed E-state index contributed by atoms with van der Waals surface area (Å²) < 4.78 is 30.1. The Morgan fingerprint density at radius 1 is 1.16 bits per heavy atom. The normalized spacial score (nSPS) is 11.1. The first kappa shape index (κ1) is 20.2. The number of anilines is 1. The van der Waals surface area contributed by atoms with Crippen molar-refractivity contribution < 1.29 is 18.0 Å². The maximum Gasteiger partial charge on any atom is 0.314 e. The Morgan fingerprint density at radius 3 is 2.61 bits per heavy atom. The Bertz CT molecular complexity index is 1220. The van der Waals surface area contributed by atoms with Crippen molar-refractivity contribution >= 4 is 11.6 Å². The van der Waals surface area contributed by atoms with E-state index in [1.165, 1.54) is 11.7 Å². The number of halogens is 2. The van der Waals surface area contributed by atoms with E-state index < -0.39 is 12.3 Å². The van der Waals surface area contributed by atoms with Crippen LogP contribution in [0, 0.1) is 6.92 Å². The molecule has 3 aromatic heterocycles.